The highest BCUT2D eigenvalue weighted by Crippen LogP contribution is 2.19. The average Bonchev–Trinajstić information content (AvgIpc) is 2.38. The van der Waals surface area contributed by atoms with Crippen molar-refractivity contribution in [1.29, 1.82) is 0 Å². The number of phenols is 2. The SMILES string of the molecule is Cc1cc(O)ccc1/C=C/C(=O)c1ccccc1O. The number of phenolic OH excluding ortho intramolecular Hbond substituents is 2. The highest BCUT2D eigenvalue weighted by molar-refractivity contribution is 6.08. The van der Waals surface area contributed by atoms with E-state index in [9.17, 15) is 15.0 Å². The summed E-state index contributed by atoms with van der Waals surface area (Å²) in [5.74, 6) is -0.0909. The number of rotatable bonds is 3. The Balaban J connectivity index is 2.24. The molecule has 96 valence electrons. The van der Waals surface area contributed by atoms with Crippen LogP contribution in [0.2, 0.25) is 0 Å². The number of carbonyl (C=O) groups excluding carboxylic acids is 1. The minimum Gasteiger partial charge on any atom is -0.508 e. The molecule has 3 nitrogen and oxygen atoms in total. The number of aromatic hydroxyl groups is 2. The fourth-order valence-corrected chi connectivity index (χ4v) is 1.78. The van der Waals surface area contributed by atoms with E-state index in [1.54, 1.807) is 42.5 Å². The van der Waals surface area contributed by atoms with Crippen LogP contribution in [0, 0.1) is 6.92 Å². The van der Waals surface area contributed by atoms with Crippen LogP contribution >= 0.6 is 0 Å². The molecule has 0 saturated heterocycles. The first kappa shape index (κ1) is 12.9. The number of para-hydroxylation sites is 1. The predicted molar refractivity (Wildman–Crippen MR) is 74.3 cm³/mol. The van der Waals surface area contributed by atoms with Crippen molar-refractivity contribution in [3.63, 3.8) is 0 Å². The van der Waals surface area contributed by atoms with Crippen LogP contribution in [-0.4, -0.2) is 16.0 Å². The molecule has 0 radical (unpaired) electrons. The largest absolute Gasteiger partial charge is 0.508 e. The van der Waals surface area contributed by atoms with Gasteiger partial charge in [-0.2, -0.15) is 0 Å². The lowest BCUT2D eigenvalue weighted by Crippen LogP contribution is -1.94. The summed E-state index contributed by atoms with van der Waals surface area (Å²) in [5.41, 5.74) is 2.00. The van der Waals surface area contributed by atoms with Crippen LogP contribution < -0.4 is 0 Å². The summed E-state index contributed by atoms with van der Waals surface area (Å²) in [4.78, 5) is 11.9. The number of allylic oxidation sites excluding steroid dienone is 1. The van der Waals surface area contributed by atoms with Gasteiger partial charge in [0.2, 0.25) is 0 Å². The molecule has 0 amide bonds. The van der Waals surface area contributed by atoms with Crippen molar-refractivity contribution in [2.75, 3.05) is 0 Å². The lowest BCUT2D eigenvalue weighted by atomic mass is 10.1. The van der Waals surface area contributed by atoms with Crippen molar-refractivity contribution >= 4 is 11.9 Å². The Morgan fingerprint density at radius 1 is 1.11 bits per heavy atom. The molecule has 0 atom stereocenters. The summed E-state index contributed by atoms with van der Waals surface area (Å²) in [5, 5.41) is 18.9. The van der Waals surface area contributed by atoms with Crippen LogP contribution in [0.25, 0.3) is 6.08 Å². The molecule has 0 aliphatic rings. The third-order valence-corrected chi connectivity index (χ3v) is 2.84. The van der Waals surface area contributed by atoms with Crippen LogP contribution in [0.15, 0.2) is 48.5 Å². The van der Waals surface area contributed by atoms with Crippen molar-refractivity contribution in [1.82, 2.24) is 0 Å². The number of hydrogen-bond donors (Lipinski definition) is 2. The Labute approximate surface area is 111 Å². The van der Waals surface area contributed by atoms with E-state index in [2.05, 4.69) is 0 Å². The van der Waals surface area contributed by atoms with Crippen LogP contribution in [0.3, 0.4) is 0 Å². The summed E-state index contributed by atoms with van der Waals surface area (Å²) < 4.78 is 0. The molecule has 2 aromatic rings. The standard InChI is InChI=1S/C16H14O3/c1-11-10-13(17)8-6-12(11)7-9-16(19)14-4-2-3-5-15(14)18/h2-10,17-18H,1H3/b9-7+. The summed E-state index contributed by atoms with van der Waals surface area (Å²) in [6.07, 6.45) is 3.08. The fraction of sp³-hybridized carbons (Fsp3) is 0.0625. The minimum absolute atomic E-state index is 0.0282. The van der Waals surface area contributed by atoms with Gasteiger partial charge in [0.1, 0.15) is 11.5 Å². The smallest absolute Gasteiger partial charge is 0.189 e. The second-order valence-electron chi connectivity index (χ2n) is 4.26. The van der Waals surface area contributed by atoms with E-state index in [1.807, 2.05) is 6.92 Å². The molecule has 0 bridgehead atoms. The van der Waals surface area contributed by atoms with Crippen molar-refractivity contribution in [3.8, 4) is 11.5 Å². The van der Waals surface area contributed by atoms with Crippen molar-refractivity contribution in [2.45, 2.75) is 6.92 Å². The summed E-state index contributed by atoms with van der Waals surface area (Å²) >= 11 is 0. The normalized spacial score (nSPS) is 10.8. The zero-order valence-corrected chi connectivity index (χ0v) is 10.5. The third kappa shape index (κ3) is 3.01. The summed E-state index contributed by atoms with van der Waals surface area (Å²) in [6, 6.07) is 11.4. The molecule has 0 aliphatic carbocycles. The maximum atomic E-state index is 11.9. The van der Waals surface area contributed by atoms with E-state index in [4.69, 9.17) is 0 Å². The average molecular weight is 254 g/mol. The monoisotopic (exact) mass is 254 g/mol. The van der Waals surface area contributed by atoms with Crippen LogP contribution in [0.4, 0.5) is 0 Å². The second-order valence-corrected chi connectivity index (χ2v) is 4.26. The van der Waals surface area contributed by atoms with E-state index in [-0.39, 0.29) is 22.8 Å². The zero-order valence-electron chi connectivity index (χ0n) is 10.5. The first-order chi connectivity index (χ1) is 9.08. The Kier molecular flexibility index (Phi) is 3.66. The van der Waals surface area contributed by atoms with E-state index < -0.39 is 0 Å². The van der Waals surface area contributed by atoms with E-state index in [0.29, 0.717) is 0 Å². The Morgan fingerprint density at radius 2 is 1.84 bits per heavy atom. The topological polar surface area (TPSA) is 57.5 Å². The fourth-order valence-electron chi connectivity index (χ4n) is 1.78. The molecular weight excluding hydrogens is 240 g/mol. The van der Waals surface area contributed by atoms with E-state index in [0.717, 1.165) is 11.1 Å². The van der Waals surface area contributed by atoms with Gasteiger partial charge in [0.15, 0.2) is 5.78 Å². The molecule has 0 heterocycles. The number of hydrogen-bond acceptors (Lipinski definition) is 3. The third-order valence-electron chi connectivity index (χ3n) is 2.84. The molecular formula is C16H14O3. The predicted octanol–water partition coefficient (Wildman–Crippen LogP) is 3.30. The van der Waals surface area contributed by atoms with Crippen LogP contribution in [-0.2, 0) is 0 Å². The van der Waals surface area contributed by atoms with Gasteiger partial charge in [-0.05, 0) is 48.4 Å². The molecule has 19 heavy (non-hydrogen) atoms. The Hall–Kier alpha value is -2.55. The van der Waals surface area contributed by atoms with Crippen LogP contribution in [0.5, 0.6) is 11.5 Å². The maximum Gasteiger partial charge on any atom is 0.189 e. The molecule has 0 spiro atoms. The van der Waals surface area contributed by atoms with Gasteiger partial charge in [-0.25, -0.2) is 0 Å². The maximum absolute atomic E-state index is 11.9. The first-order valence-corrected chi connectivity index (χ1v) is 5.88. The molecule has 0 fully saturated rings. The molecule has 3 heteroatoms. The van der Waals surface area contributed by atoms with Gasteiger partial charge < -0.3 is 10.2 Å². The van der Waals surface area contributed by atoms with Crippen molar-refractivity contribution in [2.24, 2.45) is 0 Å². The molecule has 2 aromatic carbocycles. The van der Waals surface area contributed by atoms with Gasteiger partial charge in [-0.3, -0.25) is 4.79 Å². The highest BCUT2D eigenvalue weighted by Gasteiger charge is 2.06. The quantitative estimate of drug-likeness (QED) is 0.652. The lowest BCUT2D eigenvalue weighted by Gasteiger charge is -2.01. The van der Waals surface area contributed by atoms with Gasteiger partial charge in [-0.1, -0.05) is 24.3 Å². The summed E-state index contributed by atoms with van der Waals surface area (Å²) in [7, 11) is 0. The summed E-state index contributed by atoms with van der Waals surface area (Å²) in [6.45, 7) is 1.85. The minimum atomic E-state index is -0.259. The van der Waals surface area contributed by atoms with Crippen molar-refractivity contribution in [3.05, 3.63) is 65.2 Å². The molecule has 0 saturated carbocycles. The van der Waals surface area contributed by atoms with Gasteiger partial charge in [0, 0.05) is 0 Å². The molecule has 0 unspecified atom stereocenters. The lowest BCUT2D eigenvalue weighted by molar-refractivity contribution is 0.104. The van der Waals surface area contributed by atoms with E-state index in [1.165, 1.54) is 12.1 Å². The Morgan fingerprint density at radius 3 is 2.53 bits per heavy atom. The highest BCUT2D eigenvalue weighted by atomic mass is 16.3. The Bertz CT molecular complexity index is 642. The molecule has 2 rings (SSSR count). The molecule has 0 aliphatic heterocycles. The number of carbonyl (C=O) groups is 1. The molecule has 2 N–H and O–H groups in total. The second kappa shape index (κ2) is 5.40. The van der Waals surface area contributed by atoms with Gasteiger partial charge in [-0.15, -0.1) is 0 Å². The van der Waals surface area contributed by atoms with Gasteiger partial charge >= 0.3 is 0 Å². The van der Waals surface area contributed by atoms with Crippen molar-refractivity contribution < 1.29 is 15.0 Å². The van der Waals surface area contributed by atoms with Gasteiger partial charge in [0.25, 0.3) is 0 Å². The zero-order chi connectivity index (χ0) is 13.8. The molecule has 0 aromatic heterocycles. The first-order valence-electron chi connectivity index (χ1n) is 5.88. The number of aryl methyl sites for hydroxylation is 1. The van der Waals surface area contributed by atoms with E-state index >= 15 is 0 Å². The number of ketones is 1. The number of benzene rings is 2. The van der Waals surface area contributed by atoms with Gasteiger partial charge in [0.05, 0.1) is 5.56 Å². The van der Waals surface area contributed by atoms with Crippen LogP contribution in [0.1, 0.15) is 21.5 Å².